The number of rotatable bonds is 6. The Hall–Kier alpha value is -3.26. The average molecular weight is 527 g/mol. The van der Waals surface area contributed by atoms with Gasteiger partial charge in [-0.15, -0.1) is 0 Å². The van der Waals surface area contributed by atoms with E-state index >= 15 is 0 Å². The van der Waals surface area contributed by atoms with Crippen molar-refractivity contribution < 1.29 is 24.2 Å². The summed E-state index contributed by atoms with van der Waals surface area (Å²) >= 11 is 3.40. The van der Waals surface area contributed by atoms with Gasteiger partial charge in [0, 0.05) is 40.6 Å². The fraction of sp³-hybridized carbons (Fsp3) is 0.308. The summed E-state index contributed by atoms with van der Waals surface area (Å²) in [6.45, 7) is 4.04. The summed E-state index contributed by atoms with van der Waals surface area (Å²) in [5, 5.41) is 16.7. The molecule has 1 amide bonds. The average Bonchev–Trinajstić information content (AvgIpc) is 2.81. The first-order valence-electron chi connectivity index (χ1n) is 11.2. The van der Waals surface area contributed by atoms with Crippen LogP contribution in [0.5, 0.6) is 17.2 Å². The van der Waals surface area contributed by atoms with Crippen molar-refractivity contribution in [2.75, 3.05) is 19.0 Å². The normalized spacial score (nSPS) is 17.8. The molecule has 34 heavy (non-hydrogen) atoms. The number of halogens is 1. The number of dihydropyridines is 1. The third kappa shape index (κ3) is 4.55. The van der Waals surface area contributed by atoms with Gasteiger partial charge in [0.05, 0.1) is 18.2 Å². The van der Waals surface area contributed by atoms with Crippen LogP contribution in [0.3, 0.4) is 0 Å². The van der Waals surface area contributed by atoms with Gasteiger partial charge in [0.2, 0.25) is 0 Å². The Morgan fingerprint density at radius 3 is 2.65 bits per heavy atom. The molecule has 1 heterocycles. The van der Waals surface area contributed by atoms with Gasteiger partial charge in [-0.05, 0) is 84.6 Å². The number of carbonyl (C=O) groups is 2. The summed E-state index contributed by atoms with van der Waals surface area (Å²) < 4.78 is 11.3. The van der Waals surface area contributed by atoms with Crippen LogP contribution >= 0.6 is 15.9 Å². The lowest BCUT2D eigenvalue weighted by Crippen LogP contribution is -2.35. The van der Waals surface area contributed by atoms with Crippen molar-refractivity contribution in [3.63, 3.8) is 0 Å². The monoisotopic (exact) mass is 526 g/mol. The molecule has 4 rings (SSSR count). The van der Waals surface area contributed by atoms with E-state index in [2.05, 4.69) is 26.6 Å². The molecule has 2 aromatic carbocycles. The van der Waals surface area contributed by atoms with E-state index in [1.54, 1.807) is 43.5 Å². The Bertz CT molecular complexity index is 1200. The second-order valence-corrected chi connectivity index (χ2v) is 9.09. The molecular formula is C26H27BrN2O5. The van der Waals surface area contributed by atoms with Gasteiger partial charge in [0.1, 0.15) is 5.75 Å². The van der Waals surface area contributed by atoms with Crippen LogP contribution in [0, 0.1) is 0 Å². The number of methoxy groups -OCH3 is 1. The first kappa shape index (κ1) is 23.9. The number of carbonyl (C=O) groups excluding carboxylic acids is 2. The maximum atomic E-state index is 13.6. The quantitative estimate of drug-likeness (QED) is 0.480. The number of hydrogen-bond acceptors (Lipinski definition) is 6. The molecule has 1 atom stereocenters. The topological polar surface area (TPSA) is 96.9 Å². The lowest BCUT2D eigenvalue weighted by atomic mass is 9.75. The van der Waals surface area contributed by atoms with Crippen molar-refractivity contribution in [1.82, 2.24) is 5.32 Å². The number of benzene rings is 2. The Morgan fingerprint density at radius 1 is 1.24 bits per heavy atom. The molecule has 0 aromatic heterocycles. The first-order chi connectivity index (χ1) is 16.3. The highest BCUT2D eigenvalue weighted by atomic mass is 79.9. The van der Waals surface area contributed by atoms with Gasteiger partial charge >= 0.3 is 0 Å². The Kier molecular flexibility index (Phi) is 6.97. The van der Waals surface area contributed by atoms with Gasteiger partial charge in [0.25, 0.3) is 5.91 Å². The number of Topliss-reactive ketones (excluding diaryl/α,β-unsaturated/α-hetero) is 1. The Labute approximate surface area is 207 Å². The van der Waals surface area contributed by atoms with Crippen LogP contribution < -0.4 is 20.1 Å². The largest absolute Gasteiger partial charge is 0.503 e. The number of allylic oxidation sites excluding steroid dienone is 3. The van der Waals surface area contributed by atoms with Crippen LogP contribution in [0.4, 0.5) is 5.69 Å². The van der Waals surface area contributed by atoms with E-state index in [0.717, 1.165) is 18.5 Å². The summed E-state index contributed by atoms with van der Waals surface area (Å²) in [4.78, 5) is 26.7. The SMILES string of the molecule is CCOc1cc([C@H]2C(C(=O)Nc3ccc(OC)cc3)=C(C)NC3=C2C(=O)CCC3)cc(Br)c1O. The highest BCUT2D eigenvalue weighted by molar-refractivity contribution is 9.10. The van der Waals surface area contributed by atoms with Gasteiger partial charge < -0.3 is 25.2 Å². The predicted octanol–water partition coefficient (Wildman–Crippen LogP) is 5.17. The Balaban J connectivity index is 1.81. The number of anilines is 1. The number of hydrogen-bond donors (Lipinski definition) is 3. The van der Waals surface area contributed by atoms with Gasteiger partial charge in [-0.1, -0.05) is 0 Å². The lowest BCUT2D eigenvalue weighted by molar-refractivity contribution is -0.116. The van der Waals surface area contributed by atoms with E-state index in [4.69, 9.17) is 9.47 Å². The molecule has 0 saturated carbocycles. The minimum Gasteiger partial charge on any atom is -0.503 e. The molecule has 0 spiro atoms. The van der Waals surface area contributed by atoms with Crippen molar-refractivity contribution in [3.8, 4) is 17.2 Å². The van der Waals surface area contributed by atoms with Crippen LogP contribution in [-0.4, -0.2) is 30.5 Å². The zero-order valence-electron chi connectivity index (χ0n) is 19.3. The summed E-state index contributed by atoms with van der Waals surface area (Å²) in [5.41, 5.74) is 3.88. The number of phenolic OH excluding ortho intramolecular Hbond substituents is 1. The molecule has 0 bridgehead atoms. The maximum absolute atomic E-state index is 13.6. The number of ketones is 1. The first-order valence-corrected chi connectivity index (χ1v) is 12.0. The van der Waals surface area contributed by atoms with E-state index in [0.29, 0.717) is 57.1 Å². The van der Waals surface area contributed by atoms with Gasteiger partial charge in [-0.2, -0.15) is 0 Å². The molecule has 0 fully saturated rings. The fourth-order valence-electron chi connectivity index (χ4n) is 4.52. The molecular weight excluding hydrogens is 500 g/mol. The minimum atomic E-state index is -0.599. The molecule has 2 aromatic rings. The lowest BCUT2D eigenvalue weighted by Gasteiger charge is -2.34. The van der Waals surface area contributed by atoms with Crippen molar-refractivity contribution in [1.29, 1.82) is 0 Å². The second-order valence-electron chi connectivity index (χ2n) is 8.23. The summed E-state index contributed by atoms with van der Waals surface area (Å²) in [6.07, 6.45) is 1.93. The van der Waals surface area contributed by atoms with E-state index in [1.165, 1.54) is 0 Å². The molecule has 0 unspecified atom stereocenters. The van der Waals surface area contributed by atoms with Crippen LogP contribution in [0.25, 0.3) is 0 Å². The molecule has 2 aliphatic rings. The van der Waals surface area contributed by atoms with Gasteiger partial charge in [-0.25, -0.2) is 0 Å². The zero-order valence-corrected chi connectivity index (χ0v) is 20.9. The third-order valence-electron chi connectivity index (χ3n) is 6.05. The number of phenols is 1. The van der Waals surface area contributed by atoms with Gasteiger partial charge in [0.15, 0.2) is 17.3 Å². The smallest absolute Gasteiger partial charge is 0.254 e. The highest BCUT2D eigenvalue weighted by Gasteiger charge is 2.39. The molecule has 1 aliphatic heterocycles. The van der Waals surface area contributed by atoms with E-state index in [9.17, 15) is 14.7 Å². The van der Waals surface area contributed by atoms with Gasteiger partial charge in [-0.3, -0.25) is 9.59 Å². The number of nitrogens with one attached hydrogen (secondary N) is 2. The van der Waals surface area contributed by atoms with E-state index in [-0.39, 0.29) is 17.4 Å². The standard InChI is InChI=1S/C26H27BrN2O5/c1-4-34-21-13-15(12-18(27)25(21)31)23-22(14(2)28-19-6-5-7-20(30)24(19)23)26(32)29-16-8-10-17(33-3)11-9-16/h8-13,23,28,31H,4-7H2,1-3H3,(H,29,32)/t23-/m0/s1. The summed E-state index contributed by atoms with van der Waals surface area (Å²) in [6, 6.07) is 10.5. The van der Waals surface area contributed by atoms with Crippen LogP contribution in [0.2, 0.25) is 0 Å². The molecule has 3 N–H and O–H groups in total. The van der Waals surface area contributed by atoms with Crippen molar-refractivity contribution >= 4 is 33.3 Å². The van der Waals surface area contributed by atoms with Crippen molar-refractivity contribution in [2.45, 2.75) is 39.0 Å². The highest BCUT2D eigenvalue weighted by Crippen LogP contribution is 2.46. The molecule has 0 radical (unpaired) electrons. The number of aromatic hydroxyl groups is 1. The summed E-state index contributed by atoms with van der Waals surface area (Å²) in [5.74, 6) is 0.0661. The molecule has 8 heteroatoms. The number of amides is 1. The fourth-order valence-corrected chi connectivity index (χ4v) is 4.98. The molecule has 1 aliphatic carbocycles. The third-order valence-corrected chi connectivity index (χ3v) is 6.66. The summed E-state index contributed by atoms with van der Waals surface area (Å²) in [7, 11) is 1.58. The Morgan fingerprint density at radius 2 is 1.97 bits per heavy atom. The molecule has 7 nitrogen and oxygen atoms in total. The predicted molar refractivity (Wildman–Crippen MR) is 133 cm³/mol. The van der Waals surface area contributed by atoms with E-state index < -0.39 is 5.92 Å². The minimum absolute atomic E-state index is 0.0168. The van der Waals surface area contributed by atoms with Crippen molar-refractivity contribution in [3.05, 3.63) is 69.0 Å². The van der Waals surface area contributed by atoms with Crippen molar-refractivity contribution in [2.24, 2.45) is 0 Å². The molecule has 0 saturated heterocycles. The van der Waals surface area contributed by atoms with Crippen LogP contribution in [-0.2, 0) is 9.59 Å². The van der Waals surface area contributed by atoms with E-state index in [1.807, 2.05) is 13.8 Å². The number of ether oxygens (including phenoxy) is 2. The second kappa shape index (κ2) is 9.93. The van der Waals surface area contributed by atoms with Crippen LogP contribution in [0.15, 0.2) is 63.4 Å². The zero-order chi connectivity index (χ0) is 24.4. The van der Waals surface area contributed by atoms with Crippen LogP contribution in [0.1, 0.15) is 44.6 Å². The molecule has 178 valence electrons. The maximum Gasteiger partial charge on any atom is 0.254 e.